The first-order chi connectivity index (χ1) is 10.1. The molecule has 0 spiro atoms. The van der Waals surface area contributed by atoms with Gasteiger partial charge in [0, 0.05) is 17.4 Å². The van der Waals surface area contributed by atoms with E-state index in [2.05, 4.69) is 15.6 Å². The first kappa shape index (κ1) is 13.3. The average Bonchev–Trinajstić information content (AvgIpc) is 2.87. The SMILES string of the molecule is CC(NC(=O)c1ccc2c(c1)NC(=O)C2)c1ccccn1. The van der Waals surface area contributed by atoms with E-state index in [1.807, 2.05) is 31.2 Å². The lowest BCUT2D eigenvalue weighted by Crippen LogP contribution is -2.27. The normalized spacial score (nSPS) is 14.2. The van der Waals surface area contributed by atoms with Crippen LogP contribution in [0.2, 0.25) is 0 Å². The number of nitrogens with one attached hydrogen (secondary N) is 2. The molecule has 5 heteroatoms. The zero-order valence-corrected chi connectivity index (χ0v) is 11.6. The zero-order valence-electron chi connectivity index (χ0n) is 11.6. The van der Waals surface area contributed by atoms with E-state index in [1.165, 1.54) is 0 Å². The summed E-state index contributed by atoms with van der Waals surface area (Å²) in [5, 5.41) is 5.65. The highest BCUT2D eigenvalue weighted by atomic mass is 16.2. The Morgan fingerprint density at radius 2 is 2.19 bits per heavy atom. The van der Waals surface area contributed by atoms with E-state index >= 15 is 0 Å². The van der Waals surface area contributed by atoms with Gasteiger partial charge in [0.2, 0.25) is 5.91 Å². The third-order valence-electron chi connectivity index (χ3n) is 3.48. The van der Waals surface area contributed by atoms with Crippen molar-refractivity contribution in [3.8, 4) is 0 Å². The molecule has 1 atom stereocenters. The minimum absolute atomic E-state index is 0.0376. The predicted molar refractivity (Wildman–Crippen MR) is 78.9 cm³/mol. The molecule has 0 saturated heterocycles. The summed E-state index contributed by atoms with van der Waals surface area (Å²) in [6, 6.07) is 10.7. The molecule has 2 N–H and O–H groups in total. The fraction of sp³-hybridized carbons (Fsp3) is 0.188. The van der Waals surface area contributed by atoms with Gasteiger partial charge in [0.1, 0.15) is 0 Å². The highest BCUT2D eigenvalue weighted by Gasteiger charge is 2.19. The van der Waals surface area contributed by atoms with Gasteiger partial charge in [-0.25, -0.2) is 0 Å². The molecule has 1 aliphatic rings. The molecule has 0 radical (unpaired) electrons. The van der Waals surface area contributed by atoms with Crippen LogP contribution < -0.4 is 10.6 Å². The minimum atomic E-state index is -0.183. The van der Waals surface area contributed by atoms with Gasteiger partial charge in [0.25, 0.3) is 5.91 Å². The molecule has 0 bridgehead atoms. The largest absolute Gasteiger partial charge is 0.344 e. The number of amides is 2. The van der Waals surface area contributed by atoms with E-state index in [1.54, 1.807) is 18.3 Å². The molecule has 0 fully saturated rings. The molecule has 0 saturated carbocycles. The number of nitrogens with zero attached hydrogens (tertiary/aromatic N) is 1. The Morgan fingerprint density at radius 3 is 2.95 bits per heavy atom. The molecule has 5 nitrogen and oxygen atoms in total. The highest BCUT2D eigenvalue weighted by Crippen LogP contribution is 2.24. The van der Waals surface area contributed by atoms with Crippen molar-refractivity contribution in [2.24, 2.45) is 0 Å². The maximum atomic E-state index is 12.3. The van der Waals surface area contributed by atoms with Gasteiger partial charge in [-0.15, -0.1) is 0 Å². The molecule has 1 aromatic carbocycles. The van der Waals surface area contributed by atoms with E-state index < -0.39 is 0 Å². The molecule has 1 aromatic heterocycles. The number of anilines is 1. The summed E-state index contributed by atoms with van der Waals surface area (Å²) in [5.41, 5.74) is 2.98. The summed E-state index contributed by atoms with van der Waals surface area (Å²) >= 11 is 0. The Hall–Kier alpha value is -2.69. The van der Waals surface area contributed by atoms with Crippen molar-refractivity contribution in [3.05, 3.63) is 59.4 Å². The topological polar surface area (TPSA) is 71.1 Å². The van der Waals surface area contributed by atoms with Crippen molar-refractivity contribution in [1.29, 1.82) is 0 Å². The van der Waals surface area contributed by atoms with E-state index in [0.29, 0.717) is 12.0 Å². The zero-order chi connectivity index (χ0) is 14.8. The Labute approximate surface area is 122 Å². The van der Waals surface area contributed by atoms with Crippen LogP contribution in [0.1, 0.15) is 34.6 Å². The first-order valence-electron chi connectivity index (χ1n) is 6.78. The minimum Gasteiger partial charge on any atom is -0.344 e. The second-order valence-corrected chi connectivity index (χ2v) is 5.05. The fourth-order valence-electron chi connectivity index (χ4n) is 2.34. The monoisotopic (exact) mass is 281 g/mol. The third kappa shape index (κ3) is 2.76. The van der Waals surface area contributed by atoms with Crippen molar-refractivity contribution >= 4 is 17.5 Å². The van der Waals surface area contributed by atoms with Gasteiger partial charge in [0.05, 0.1) is 18.2 Å². The molecule has 0 aliphatic carbocycles. The highest BCUT2D eigenvalue weighted by molar-refractivity contribution is 6.02. The summed E-state index contributed by atoms with van der Waals surface area (Å²) in [6.07, 6.45) is 2.07. The van der Waals surface area contributed by atoms with Gasteiger partial charge < -0.3 is 10.6 Å². The lowest BCUT2D eigenvalue weighted by molar-refractivity contribution is -0.115. The van der Waals surface area contributed by atoms with Crippen LogP contribution >= 0.6 is 0 Å². The van der Waals surface area contributed by atoms with E-state index in [9.17, 15) is 9.59 Å². The number of rotatable bonds is 3. The number of carbonyl (C=O) groups excluding carboxylic acids is 2. The molecule has 1 unspecified atom stereocenters. The molecule has 21 heavy (non-hydrogen) atoms. The van der Waals surface area contributed by atoms with Gasteiger partial charge >= 0.3 is 0 Å². The van der Waals surface area contributed by atoms with E-state index in [0.717, 1.165) is 16.9 Å². The molecule has 1 aliphatic heterocycles. The number of pyridine rings is 1. The summed E-state index contributed by atoms with van der Waals surface area (Å²) < 4.78 is 0. The van der Waals surface area contributed by atoms with Gasteiger partial charge in [-0.1, -0.05) is 12.1 Å². The summed E-state index contributed by atoms with van der Waals surface area (Å²) in [5.74, 6) is -0.221. The third-order valence-corrected chi connectivity index (χ3v) is 3.48. The van der Waals surface area contributed by atoms with Gasteiger partial charge in [-0.3, -0.25) is 14.6 Å². The number of hydrogen-bond acceptors (Lipinski definition) is 3. The number of fused-ring (bicyclic) bond motifs is 1. The van der Waals surface area contributed by atoms with Crippen molar-refractivity contribution in [1.82, 2.24) is 10.3 Å². The van der Waals surface area contributed by atoms with Gasteiger partial charge in [-0.2, -0.15) is 0 Å². The molecule has 2 amide bonds. The number of carbonyl (C=O) groups is 2. The smallest absolute Gasteiger partial charge is 0.251 e. The Kier molecular flexibility index (Phi) is 3.39. The molecule has 2 heterocycles. The summed E-state index contributed by atoms with van der Waals surface area (Å²) in [6.45, 7) is 1.88. The van der Waals surface area contributed by atoms with Crippen LogP contribution in [0.5, 0.6) is 0 Å². The van der Waals surface area contributed by atoms with Crippen LogP contribution in [-0.4, -0.2) is 16.8 Å². The maximum Gasteiger partial charge on any atom is 0.251 e. The second kappa shape index (κ2) is 5.36. The lowest BCUT2D eigenvalue weighted by Gasteiger charge is -2.13. The van der Waals surface area contributed by atoms with Crippen LogP contribution in [-0.2, 0) is 11.2 Å². The molecular weight excluding hydrogens is 266 g/mol. The van der Waals surface area contributed by atoms with Crippen LogP contribution in [0.4, 0.5) is 5.69 Å². The predicted octanol–water partition coefficient (Wildman–Crippen LogP) is 2.07. The van der Waals surface area contributed by atoms with Crippen molar-refractivity contribution in [2.75, 3.05) is 5.32 Å². The molecule has 106 valence electrons. The van der Waals surface area contributed by atoms with Crippen LogP contribution in [0.15, 0.2) is 42.6 Å². The van der Waals surface area contributed by atoms with Crippen molar-refractivity contribution in [3.63, 3.8) is 0 Å². The van der Waals surface area contributed by atoms with Gasteiger partial charge in [0.15, 0.2) is 0 Å². The Bertz CT molecular complexity index is 698. The Morgan fingerprint density at radius 1 is 1.33 bits per heavy atom. The average molecular weight is 281 g/mol. The summed E-state index contributed by atoms with van der Waals surface area (Å²) in [7, 11) is 0. The van der Waals surface area contributed by atoms with Crippen molar-refractivity contribution < 1.29 is 9.59 Å². The van der Waals surface area contributed by atoms with Crippen LogP contribution in [0, 0.1) is 0 Å². The van der Waals surface area contributed by atoms with Crippen molar-refractivity contribution in [2.45, 2.75) is 19.4 Å². The molecule has 3 rings (SSSR count). The van der Waals surface area contributed by atoms with E-state index in [-0.39, 0.29) is 17.9 Å². The first-order valence-corrected chi connectivity index (χ1v) is 6.78. The Balaban J connectivity index is 1.74. The van der Waals surface area contributed by atoms with E-state index in [4.69, 9.17) is 0 Å². The second-order valence-electron chi connectivity index (χ2n) is 5.05. The number of hydrogen-bond donors (Lipinski definition) is 2. The number of benzene rings is 1. The fourth-order valence-corrected chi connectivity index (χ4v) is 2.34. The molecule has 2 aromatic rings. The lowest BCUT2D eigenvalue weighted by atomic mass is 10.1. The summed E-state index contributed by atoms with van der Waals surface area (Å²) in [4.78, 5) is 27.8. The van der Waals surface area contributed by atoms with Crippen LogP contribution in [0.25, 0.3) is 0 Å². The standard InChI is InChI=1S/C16H15N3O2/c1-10(13-4-2-3-7-17-13)18-16(21)12-6-5-11-9-15(20)19-14(11)8-12/h2-8,10H,9H2,1H3,(H,18,21)(H,19,20). The number of aromatic nitrogens is 1. The quantitative estimate of drug-likeness (QED) is 0.904. The van der Waals surface area contributed by atoms with Gasteiger partial charge in [-0.05, 0) is 36.8 Å². The molecular formula is C16H15N3O2. The van der Waals surface area contributed by atoms with Crippen LogP contribution in [0.3, 0.4) is 0 Å². The maximum absolute atomic E-state index is 12.3.